The van der Waals surface area contributed by atoms with E-state index >= 15 is 0 Å². The van der Waals surface area contributed by atoms with Crippen LogP contribution in [0.3, 0.4) is 0 Å². The van der Waals surface area contributed by atoms with Crippen molar-refractivity contribution in [1.29, 1.82) is 0 Å². The molecule has 0 saturated carbocycles. The van der Waals surface area contributed by atoms with E-state index in [9.17, 15) is 9.90 Å². The van der Waals surface area contributed by atoms with E-state index in [0.29, 0.717) is 11.3 Å². The summed E-state index contributed by atoms with van der Waals surface area (Å²) >= 11 is 0. The van der Waals surface area contributed by atoms with E-state index in [1.807, 2.05) is 25.1 Å². The molecule has 1 unspecified atom stereocenters. The Morgan fingerprint density at radius 3 is 2.95 bits per heavy atom. The SMILES string of the molecule is Cc1ccc2oc(C(=O)NCC(O)c3ccco3)cc2c1. The summed E-state index contributed by atoms with van der Waals surface area (Å²) in [6.07, 6.45) is 0.595. The third-order valence-electron chi connectivity index (χ3n) is 3.22. The molecule has 1 amide bonds. The molecule has 0 fully saturated rings. The number of benzene rings is 1. The summed E-state index contributed by atoms with van der Waals surface area (Å²) in [5, 5.41) is 13.3. The van der Waals surface area contributed by atoms with Crippen LogP contribution in [-0.2, 0) is 0 Å². The molecule has 2 heterocycles. The number of carbonyl (C=O) groups is 1. The second kappa shape index (κ2) is 5.46. The van der Waals surface area contributed by atoms with Gasteiger partial charge in [-0.05, 0) is 37.3 Å². The molecule has 0 spiro atoms. The number of hydrogen-bond acceptors (Lipinski definition) is 4. The Bertz CT molecular complexity index is 758. The first-order valence-corrected chi connectivity index (χ1v) is 6.63. The van der Waals surface area contributed by atoms with Crippen LogP contribution in [0, 0.1) is 6.92 Å². The third kappa shape index (κ3) is 2.83. The van der Waals surface area contributed by atoms with E-state index in [1.165, 1.54) is 6.26 Å². The largest absolute Gasteiger partial charge is 0.467 e. The summed E-state index contributed by atoms with van der Waals surface area (Å²) in [4.78, 5) is 12.0. The predicted molar refractivity (Wildman–Crippen MR) is 77.0 cm³/mol. The molecule has 21 heavy (non-hydrogen) atoms. The number of fused-ring (bicyclic) bond motifs is 1. The minimum atomic E-state index is -0.879. The van der Waals surface area contributed by atoms with Gasteiger partial charge in [-0.1, -0.05) is 11.6 Å². The number of rotatable bonds is 4. The molecule has 1 aromatic carbocycles. The monoisotopic (exact) mass is 285 g/mol. The summed E-state index contributed by atoms with van der Waals surface area (Å²) in [5.74, 6) is 0.271. The standard InChI is InChI=1S/C16H15NO4/c1-10-4-5-13-11(7-10)8-15(21-13)16(19)17-9-12(18)14-3-2-6-20-14/h2-8,12,18H,9H2,1H3,(H,17,19). The zero-order chi connectivity index (χ0) is 14.8. The van der Waals surface area contributed by atoms with Crippen molar-refractivity contribution in [2.24, 2.45) is 0 Å². The molecule has 3 aromatic rings. The molecule has 0 radical (unpaired) electrons. The van der Waals surface area contributed by atoms with Crippen molar-refractivity contribution < 1.29 is 18.7 Å². The summed E-state index contributed by atoms with van der Waals surface area (Å²) in [6.45, 7) is 2.04. The van der Waals surface area contributed by atoms with Gasteiger partial charge in [0, 0.05) is 5.39 Å². The van der Waals surface area contributed by atoms with Gasteiger partial charge in [-0.15, -0.1) is 0 Å². The number of aliphatic hydroxyl groups is 1. The highest BCUT2D eigenvalue weighted by Gasteiger charge is 2.15. The van der Waals surface area contributed by atoms with Gasteiger partial charge in [0.15, 0.2) is 5.76 Å². The molecular formula is C16H15NO4. The van der Waals surface area contributed by atoms with Gasteiger partial charge in [0.2, 0.25) is 0 Å². The Kier molecular flexibility index (Phi) is 3.50. The predicted octanol–water partition coefficient (Wildman–Crippen LogP) is 2.80. The second-order valence-corrected chi connectivity index (χ2v) is 4.89. The van der Waals surface area contributed by atoms with Gasteiger partial charge in [-0.3, -0.25) is 4.79 Å². The molecule has 0 aliphatic rings. The smallest absolute Gasteiger partial charge is 0.287 e. The molecule has 108 valence electrons. The maximum atomic E-state index is 12.0. The van der Waals surface area contributed by atoms with Crippen LogP contribution in [0.2, 0.25) is 0 Å². The van der Waals surface area contributed by atoms with E-state index < -0.39 is 6.10 Å². The number of furan rings is 2. The van der Waals surface area contributed by atoms with Crippen molar-refractivity contribution >= 4 is 16.9 Å². The Morgan fingerprint density at radius 2 is 2.19 bits per heavy atom. The van der Waals surface area contributed by atoms with Gasteiger partial charge in [0.25, 0.3) is 5.91 Å². The number of carbonyl (C=O) groups excluding carboxylic acids is 1. The number of aryl methyl sites for hydroxylation is 1. The molecule has 0 saturated heterocycles. The molecule has 1 atom stereocenters. The maximum Gasteiger partial charge on any atom is 0.287 e. The normalized spacial score (nSPS) is 12.5. The summed E-state index contributed by atoms with van der Waals surface area (Å²) < 4.78 is 10.6. The van der Waals surface area contributed by atoms with Crippen LogP contribution in [0.4, 0.5) is 0 Å². The lowest BCUT2D eigenvalue weighted by atomic mass is 10.2. The van der Waals surface area contributed by atoms with Gasteiger partial charge >= 0.3 is 0 Å². The van der Waals surface area contributed by atoms with Gasteiger partial charge < -0.3 is 19.3 Å². The first kappa shape index (κ1) is 13.5. The van der Waals surface area contributed by atoms with Crippen LogP contribution in [0.5, 0.6) is 0 Å². The quantitative estimate of drug-likeness (QED) is 0.773. The Balaban J connectivity index is 1.69. The van der Waals surface area contributed by atoms with Crippen LogP contribution < -0.4 is 5.32 Å². The molecule has 3 rings (SSSR count). The van der Waals surface area contributed by atoms with Crippen LogP contribution in [0.15, 0.2) is 51.5 Å². The number of amides is 1. The molecular weight excluding hydrogens is 270 g/mol. The summed E-state index contributed by atoms with van der Waals surface area (Å²) in [7, 11) is 0. The Morgan fingerprint density at radius 1 is 1.33 bits per heavy atom. The minimum Gasteiger partial charge on any atom is -0.467 e. The van der Waals surface area contributed by atoms with Crippen LogP contribution in [0.1, 0.15) is 28.0 Å². The van der Waals surface area contributed by atoms with E-state index in [0.717, 1.165) is 10.9 Å². The Hall–Kier alpha value is -2.53. The number of nitrogens with one attached hydrogen (secondary N) is 1. The first-order valence-electron chi connectivity index (χ1n) is 6.63. The highest BCUT2D eigenvalue weighted by atomic mass is 16.4. The topological polar surface area (TPSA) is 75.6 Å². The van der Waals surface area contributed by atoms with Gasteiger partial charge in [-0.2, -0.15) is 0 Å². The van der Waals surface area contributed by atoms with Gasteiger partial charge in [-0.25, -0.2) is 0 Å². The summed E-state index contributed by atoms with van der Waals surface area (Å²) in [6, 6.07) is 10.7. The fourth-order valence-corrected chi connectivity index (χ4v) is 2.13. The van der Waals surface area contributed by atoms with Crippen molar-refractivity contribution in [3.05, 3.63) is 59.7 Å². The zero-order valence-corrected chi connectivity index (χ0v) is 11.5. The number of hydrogen-bond donors (Lipinski definition) is 2. The second-order valence-electron chi connectivity index (χ2n) is 4.89. The third-order valence-corrected chi connectivity index (χ3v) is 3.22. The van der Waals surface area contributed by atoms with Gasteiger partial charge in [0.1, 0.15) is 17.4 Å². The fraction of sp³-hybridized carbons (Fsp3) is 0.188. The van der Waals surface area contributed by atoms with Gasteiger partial charge in [0.05, 0.1) is 12.8 Å². The minimum absolute atomic E-state index is 0.0580. The number of aliphatic hydroxyl groups excluding tert-OH is 1. The van der Waals surface area contributed by atoms with Crippen LogP contribution >= 0.6 is 0 Å². The van der Waals surface area contributed by atoms with Crippen molar-refractivity contribution in [1.82, 2.24) is 5.32 Å². The van der Waals surface area contributed by atoms with E-state index in [4.69, 9.17) is 8.83 Å². The van der Waals surface area contributed by atoms with E-state index in [2.05, 4.69) is 5.32 Å². The molecule has 0 bridgehead atoms. The van der Waals surface area contributed by atoms with Crippen molar-refractivity contribution in [2.75, 3.05) is 6.54 Å². The van der Waals surface area contributed by atoms with E-state index in [1.54, 1.807) is 18.2 Å². The molecule has 2 N–H and O–H groups in total. The maximum absolute atomic E-state index is 12.0. The average Bonchev–Trinajstić information content (AvgIpc) is 3.12. The fourth-order valence-electron chi connectivity index (χ4n) is 2.13. The Labute approximate surface area is 121 Å². The van der Waals surface area contributed by atoms with Crippen molar-refractivity contribution in [2.45, 2.75) is 13.0 Å². The molecule has 2 aromatic heterocycles. The highest BCUT2D eigenvalue weighted by molar-refractivity contribution is 5.96. The zero-order valence-electron chi connectivity index (χ0n) is 11.5. The molecule has 0 aliphatic heterocycles. The lowest BCUT2D eigenvalue weighted by Crippen LogP contribution is -2.27. The molecule has 0 aliphatic carbocycles. The lowest BCUT2D eigenvalue weighted by Gasteiger charge is -2.08. The van der Waals surface area contributed by atoms with Crippen molar-refractivity contribution in [3.8, 4) is 0 Å². The highest BCUT2D eigenvalue weighted by Crippen LogP contribution is 2.20. The molecule has 5 heteroatoms. The average molecular weight is 285 g/mol. The van der Waals surface area contributed by atoms with Crippen molar-refractivity contribution in [3.63, 3.8) is 0 Å². The van der Waals surface area contributed by atoms with E-state index in [-0.39, 0.29) is 18.2 Å². The summed E-state index contributed by atoms with van der Waals surface area (Å²) in [5.41, 5.74) is 1.76. The first-order chi connectivity index (χ1) is 10.1. The molecule has 5 nitrogen and oxygen atoms in total. The van der Waals surface area contributed by atoms with Crippen LogP contribution in [0.25, 0.3) is 11.0 Å². The lowest BCUT2D eigenvalue weighted by molar-refractivity contribution is 0.0876. The van der Waals surface area contributed by atoms with Crippen LogP contribution in [-0.4, -0.2) is 17.6 Å².